The number of nitrogens with zero attached hydrogens (tertiary/aromatic N) is 5. The first-order chi connectivity index (χ1) is 13.7. The molecule has 144 valence electrons. The lowest BCUT2D eigenvalue weighted by atomic mass is 9.96. The maximum atomic E-state index is 12.7. The van der Waals surface area contributed by atoms with Crippen LogP contribution in [-0.4, -0.2) is 32.6 Å². The molecule has 6 heteroatoms. The van der Waals surface area contributed by atoms with Crippen LogP contribution in [-0.2, 0) is 19.4 Å². The third kappa shape index (κ3) is 3.07. The summed E-state index contributed by atoms with van der Waals surface area (Å²) in [6, 6.07) is 7.57. The summed E-state index contributed by atoms with van der Waals surface area (Å²) in [6.07, 6.45) is 7.21. The lowest BCUT2D eigenvalue weighted by molar-refractivity contribution is 0.350. The summed E-state index contributed by atoms with van der Waals surface area (Å²) in [6.45, 7) is 4.71. The van der Waals surface area contributed by atoms with Crippen molar-refractivity contribution in [3.8, 4) is 0 Å². The zero-order valence-corrected chi connectivity index (χ0v) is 16.3. The summed E-state index contributed by atoms with van der Waals surface area (Å²) < 4.78 is 1.79. The molecular weight excluding hydrogens is 350 g/mol. The van der Waals surface area contributed by atoms with E-state index in [1.165, 1.54) is 17.7 Å². The number of aryl methyl sites for hydroxylation is 2. The van der Waals surface area contributed by atoms with E-state index in [-0.39, 0.29) is 5.56 Å². The quantitative estimate of drug-likeness (QED) is 0.704. The van der Waals surface area contributed by atoms with Crippen molar-refractivity contribution in [3.63, 3.8) is 0 Å². The number of benzene rings is 1. The van der Waals surface area contributed by atoms with E-state index in [0.29, 0.717) is 11.3 Å². The molecule has 1 aromatic carbocycles. The fraction of sp³-hybridized carbons (Fsp3) is 0.455. The number of rotatable bonds is 3. The zero-order valence-electron chi connectivity index (χ0n) is 16.3. The monoisotopic (exact) mass is 375 g/mol. The van der Waals surface area contributed by atoms with Gasteiger partial charge in [0.2, 0.25) is 0 Å². The van der Waals surface area contributed by atoms with Crippen LogP contribution in [0.4, 0.5) is 5.82 Å². The highest BCUT2D eigenvalue weighted by molar-refractivity contribution is 5.76. The molecule has 0 bridgehead atoms. The SMILES string of the molecule is Cc1nc2c(c(N3CCC(Cn4cnc5ccccc5c4=O)CC3)n1)CCC2. The van der Waals surface area contributed by atoms with E-state index in [9.17, 15) is 4.79 Å². The van der Waals surface area contributed by atoms with E-state index in [2.05, 4.69) is 14.9 Å². The van der Waals surface area contributed by atoms with Gasteiger partial charge >= 0.3 is 0 Å². The van der Waals surface area contributed by atoms with Crippen LogP contribution < -0.4 is 10.5 Å². The van der Waals surface area contributed by atoms with E-state index in [1.807, 2.05) is 31.2 Å². The molecule has 2 aromatic heterocycles. The molecule has 6 nitrogen and oxygen atoms in total. The molecule has 1 fully saturated rings. The van der Waals surface area contributed by atoms with E-state index in [0.717, 1.165) is 62.5 Å². The maximum absolute atomic E-state index is 12.7. The topological polar surface area (TPSA) is 63.9 Å². The maximum Gasteiger partial charge on any atom is 0.261 e. The van der Waals surface area contributed by atoms with Crippen LogP contribution in [0.1, 0.15) is 36.3 Å². The third-order valence-corrected chi connectivity index (χ3v) is 6.12. The smallest absolute Gasteiger partial charge is 0.261 e. The minimum atomic E-state index is 0.0669. The molecule has 0 unspecified atom stereocenters. The molecule has 0 atom stereocenters. The van der Waals surface area contributed by atoms with Crippen LogP contribution in [0.3, 0.4) is 0 Å². The van der Waals surface area contributed by atoms with Gasteiger partial charge in [-0.25, -0.2) is 15.0 Å². The van der Waals surface area contributed by atoms with Gasteiger partial charge in [0.1, 0.15) is 11.6 Å². The predicted molar refractivity (Wildman–Crippen MR) is 110 cm³/mol. The number of fused-ring (bicyclic) bond motifs is 2. The van der Waals surface area contributed by atoms with Gasteiger partial charge in [-0.2, -0.15) is 0 Å². The van der Waals surface area contributed by atoms with Crippen molar-refractivity contribution < 1.29 is 0 Å². The molecule has 3 heterocycles. The molecule has 1 aliphatic heterocycles. The average molecular weight is 375 g/mol. The Labute approximate surface area is 164 Å². The second-order valence-electron chi connectivity index (χ2n) is 8.02. The van der Waals surface area contributed by atoms with Crippen molar-refractivity contribution in [2.45, 2.75) is 45.6 Å². The highest BCUT2D eigenvalue weighted by Crippen LogP contribution is 2.31. The largest absolute Gasteiger partial charge is 0.356 e. The van der Waals surface area contributed by atoms with Gasteiger partial charge in [0.15, 0.2) is 0 Å². The first-order valence-corrected chi connectivity index (χ1v) is 10.2. The van der Waals surface area contributed by atoms with Crippen molar-refractivity contribution in [1.29, 1.82) is 0 Å². The summed E-state index contributed by atoms with van der Waals surface area (Å²) in [4.78, 5) is 29.0. The molecular formula is C22H25N5O. The average Bonchev–Trinajstić information content (AvgIpc) is 3.19. The first kappa shape index (κ1) is 17.3. The molecule has 2 aliphatic rings. The Bertz CT molecular complexity index is 1080. The number of anilines is 1. The Hall–Kier alpha value is -2.76. The van der Waals surface area contributed by atoms with E-state index in [1.54, 1.807) is 10.9 Å². The van der Waals surface area contributed by atoms with Gasteiger partial charge in [-0.15, -0.1) is 0 Å². The van der Waals surface area contributed by atoms with Crippen molar-refractivity contribution in [1.82, 2.24) is 19.5 Å². The molecule has 1 saturated heterocycles. The van der Waals surface area contributed by atoms with Crippen molar-refractivity contribution in [2.24, 2.45) is 5.92 Å². The molecule has 0 saturated carbocycles. The zero-order chi connectivity index (χ0) is 19.1. The fourth-order valence-electron chi connectivity index (χ4n) is 4.64. The summed E-state index contributed by atoms with van der Waals surface area (Å²) in [5, 5.41) is 0.703. The number of hydrogen-bond acceptors (Lipinski definition) is 5. The normalized spacial score (nSPS) is 17.2. The van der Waals surface area contributed by atoms with Gasteiger partial charge < -0.3 is 4.90 Å². The van der Waals surface area contributed by atoms with Crippen LogP contribution in [0, 0.1) is 12.8 Å². The summed E-state index contributed by atoms with van der Waals surface area (Å²) in [5.41, 5.74) is 3.45. The highest BCUT2D eigenvalue weighted by Gasteiger charge is 2.26. The summed E-state index contributed by atoms with van der Waals surface area (Å²) >= 11 is 0. The van der Waals surface area contributed by atoms with Gasteiger partial charge in [0.05, 0.1) is 17.2 Å². The van der Waals surface area contributed by atoms with Crippen molar-refractivity contribution in [3.05, 3.63) is 58.0 Å². The molecule has 1 aliphatic carbocycles. The fourth-order valence-corrected chi connectivity index (χ4v) is 4.64. The molecule has 0 radical (unpaired) electrons. The number of piperidine rings is 1. The van der Waals surface area contributed by atoms with Gasteiger partial charge in [0, 0.05) is 30.9 Å². The van der Waals surface area contributed by atoms with E-state index < -0.39 is 0 Å². The number of para-hydroxylation sites is 1. The first-order valence-electron chi connectivity index (χ1n) is 10.2. The van der Waals surface area contributed by atoms with Gasteiger partial charge in [-0.1, -0.05) is 12.1 Å². The second kappa shape index (κ2) is 7.00. The number of hydrogen-bond donors (Lipinski definition) is 0. The standard InChI is InChI=1S/C22H25N5O/c1-15-24-20-8-4-6-17(20)21(25-15)26-11-9-16(10-12-26)13-27-14-23-19-7-3-2-5-18(19)22(27)28/h2-3,5,7,14,16H,4,6,8-13H2,1H3. The van der Waals surface area contributed by atoms with Crippen molar-refractivity contribution in [2.75, 3.05) is 18.0 Å². The van der Waals surface area contributed by atoms with Crippen LogP contribution in [0.5, 0.6) is 0 Å². The van der Waals surface area contributed by atoms with Gasteiger partial charge in [-0.05, 0) is 57.1 Å². The number of aromatic nitrogens is 4. The van der Waals surface area contributed by atoms with Crippen LogP contribution in [0.25, 0.3) is 10.9 Å². The Kier molecular flexibility index (Phi) is 4.34. The molecule has 28 heavy (non-hydrogen) atoms. The van der Waals surface area contributed by atoms with Crippen LogP contribution in [0.2, 0.25) is 0 Å². The van der Waals surface area contributed by atoms with E-state index in [4.69, 9.17) is 4.98 Å². The third-order valence-electron chi connectivity index (χ3n) is 6.12. The lowest BCUT2D eigenvalue weighted by Gasteiger charge is -2.34. The molecule has 3 aromatic rings. The molecule has 5 rings (SSSR count). The van der Waals surface area contributed by atoms with Gasteiger partial charge in [0.25, 0.3) is 5.56 Å². The lowest BCUT2D eigenvalue weighted by Crippen LogP contribution is -2.37. The Morgan fingerprint density at radius 2 is 1.93 bits per heavy atom. The van der Waals surface area contributed by atoms with E-state index >= 15 is 0 Å². The minimum Gasteiger partial charge on any atom is -0.356 e. The summed E-state index contributed by atoms with van der Waals surface area (Å²) in [5.74, 6) is 2.53. The Morgan fingerprint density at radius 1 is 1.11 bits per heavy atom. The molecule has 0 amide bonds. The second-order valence-corrected chi connectivity index (χ2v) is 8.02. The van der Waals surface area contributed by atoms with Crippen LogP contribution >= 0.6 is 0 Å². The Morgan fingerprint density at radius 3 is 2.79 bits per heavy atom. The van der Waals surface area contributed by atoms with Gasteiger partial charge in [-0.3, -0.25) is 9.36 Å². The molecule has 0 spiro atoms. The highest BCUT2D eigenvalue weighted by atomic mass is 16.1. The summed E-state index contributed by atoms with van der Waals surface area (Å²) in [7, 11) is 0. The van der Waals surface area contributed by atoms with Crippen molar-refractivity contribution >= 4 is 16.7 Å². The van der Waals surface area contributed by atoms with Crippen LogP contribution in [0.15, 0.2) is 35.4 Å². The Balaban J connectivity index is 1.31. The molecule has 0 N–H and O–H groups in total. The predicted octanol–water partition coefficient (Wildman–Crippen LogP) is 2.90. The minimum absolute atomic E-state index is 0.0669.